The number of esters is 1. The van der Waals surface area contributed by atoms with Crippen LogP contribution in [0.5, 0.6) is 11.5 Å². The van der Waals surface area contributed by atoms with Gasteiger partial charge in [-0.1, -0.05) is 12.1 Å². The number of benzene rings is 1. The van der Waals surface area contributed by atoms with Gasteiger partial charge in [-0.05, 0) is 18.6 Å². The highest BCUT2D eigenvalue weighted by Gasteiger charge is 2.16. The van der Waals surface area contributed by atoms with Gasteiger partial charge in [0, 0.05) is 26.6 Å². The SMILES string of the molecule is COC(=O)CCN(CCCNC(C)=O)C(=O)COc1ccccc1OC. The molecular formula is C18H26N2O6. The molecule has 0 aromatic heterocycles. The smallest absolute Gasteiger partial charge is 0.307 e. The Morgan fingerprint density at radius 3 is 2.38 bits per heavy atom. The average Bonchev–Trinajstić information content (AvgIpc) is 2.65. The lowest BCUT2D eigenvalue weighted by molar-refractivity contribution is -0.142. The van der Waals surface area contributed by atoms with Crippen LogP contribution in [-0.2, 0) is 19.1 Å². The molecule has 0 aliphatic heterocycles. The number of methoxy groups -OCH3 is 2. The third-order valence-corrected chi connectivity index (χ3v) is 3.57. The Morgan fingerprint density at radius 2 is 1.77 bits per heavy atom. The van der Waals surface area contributed by atoms with E-state index in [0.717, 1.165) is 0 Å². The van der Waals surface area contributed by atoms with E-state index in [1.165, 1.54) is 26.0 Å². The number of para-hydroxylation sites is 2. The van der Waals surface area contributed by atoms with Crippen molar-refractivity contribution in [1.82, 2.24) is 10.2 Å². The number of rotatable bonds is 11. The van der Waals surface area contributed by atoms with Crippen LogP contribution in [0.3, 0.4) is 0 Å². The van der Waals surface area contributed by atoms with E-state index in [1.54, 1.807) is 24.3 Å². The fraction of sp³-hybridized carbons (Fsp3) is 0.500. The molecule has 0 saturated heterocycles. The summed E-state index contributed by atoms with van der Waals surface area (Å²) < 4.78 is 15.3. The van der Waals surface area contributed by atoms with E-state index in [4.69, 9.17) is 9.47 Å². The Hall–Kier alpha value is -2.77. The first-order chi connectivity index (χ1) is 12.5. The highest BCUT2D eigenvalue weighted by atomic mass is 16.5. The third-order valence-electron chi connectivity index (χ3n) is 3.57. The predicted octanol–water partition coefficient (Wildman–Crippen LogP) is 0.992. The van der Waals surface area contributed by atoms with Crippen LogP contribution < -0.4 is 14.8 Å². The number of nitrogens with zero attached hydrogens (tertiary/aromatic N) is 1. The van der Waals surface area contributed by atoms with Crippen LogP contribution in [0.15, 0.2) is 24.3 Å². The number of hydrogen-bond donors (Lipinski definition) is 1. The summed E-state index contributed by atoms with van der Waals surface area (Å²) in [5.41, 5.74) is 0. The zero-order valence-electron chi connectivity index (χ0n) is 15.4. The van der Waals surface area contributed by atoms with Gasteiger partial charge in [-0.3, -0.25) is 14.4 Å². The van der Waals surface area contributed by atoms with Crippen LogP contribution >= 0.6 is 0 Å². The van der Waals surface area contributed by atoms with Gasteiger partial charge in [0.2, 0.25) is 5.91 Å². The van der Waals surface area contributed by atoms with Gasteiger partial charge in [-0.2, -0.15) is 0 Å². The standard InChI is InChI=1S/C18H26N2O6/c1-14(21)19-10-6-11-20(12-9-18(23)25-3)17(22)13-26-16-8-5-4-7-15(16)24-2/h4-5,7-8H,6,9-13H2,1-3H3,(H,19,21). The molecule has 26 heavy (non-hydrogen) atoms. The Balaban J connectivity index is 2.60. The second-order valence-corrected chi connectivity index (χ2v) is 5.48. The summed E-state index contributed by atoms with van der Waals surface area (Å²) >= 11 is 0. The summed E-state index contributed by atoms with van der Waals surface area (Å²) in [5, 5.41) is 2.67. The molecule has 0 aliphatic carbocycles. The molecule has 1 aromatic rings. The number of carbonyl (C=O) groups excluding carboxylic acids is 3. The lowest BCUT2D eigenvalue weighted by atomic mass is 10.3. The molecule has 144 valence electrons. The average molecular weight is 366 g/mol. The first kappa shape index (κ1) is 21.3. The van der Waals surface area contributed by atoms with Crippen molar-refractivity contribution in [3.05, 3.63) is 24.3 Å². The van der Waals surface area contributed by atoms with Gasteiger partial charge in [0.25, 0.3) is 5.91 Å². The third kappa shape index (κ3) is 7.87. The number of hydrogen-bond acceptors (Lipinski definition) is 6. The van der Waals surface area contributed by atoms with Crippen LogP contribution in [0.25, 0.3) is 0 Å². The van der Waals surface area contributed by atoms with Gasteiger partial charge in [-0.25, -0.2) is 0 Å². The van der Waals surface area contributed by atoms with Crippen molar-refractivity contribution in [3.63, 3.8) is 0 Å². The maximum atomic E-state index is 12.5. The van der Waals surface area contributed by atoms with Gasteiger partial charge in [0.1, 0.15) is 0 Å². The number of nitrogens with one attached hydrogen (secondary N) is 1. The Morgan fingerprint density at radius 1 is 1.08 bits per heavy atom. The summed E-state index contributed by atoms with van der Waals surface area (Å²) in [7, 11) is 2.82. The number of ether oxygens (including phenoxy) is 3. The van der Waals surface area contributed by atoms with E-state index in [2.05, 4.69) is 10.1 Å². The predicted molar refractivity (Wildman–Crippen MR) is 95.0 cm³/mol. The van der Waals surface area contributed by atoms with Gasteiger partial charge in [0.15, 0.2) is 18.1 Å². The normalized spacial score (nSPS) is 9.96. The fourth-order valence-electron chi connectivity index (χ4n) is 2.19. The monoisotopic (exact) mass is 366 g/mol. The first-order valence-corrected chi connectivity index (χ1v) is 8.32. The van der Waals surface area contributed by atoms with Gasteiger partial charge in [0.05, 0.1) is 20.6 Å². The highest BCUT2D eigenvalue weighted by molar-refractivity contribution is 5.78. The highest BCUT2D eigenvalue weighted by Crippen LogP contribution is 2.25. The molecule has 2 amide bonds. The largest absolute Gasteiger partial charge is 0.493 e. The molecule has 1 rings (SSSR count). The van der Waals surface area contributed by atoms with Gasteiger partial charge < -0.3 is 24.4 Å². The van der Waals surface area contributed by atoms with Gasteiger partial charge >= 0.3 is 5.97 Å². The lowest BCUT2D eigenvalue weighted by Crippen LogP contribution is -2.38. The quantitative estimate of drug-likeness (QED) is 0.464. The molecule has 0 aliphatic rings. The van der Waals surface area contributed by atoms with E-state index in [9.17, 15) is 14.4 Å². The summed E-state index contributed by atoms with van der Waals surface area (Å²) in [6.45, 7) is 2.32. The Labute approximate surface area is 153 Å². The molecule has 1 N–H and O–H groups in total. The molecular weight excluding hydrogens is 340 g/mol. The molecule has 0 fully saturated rings. The van der Waals surface area contributed by atoms with Crippen LogP contribution in [0, 0.1) is 0 Å². The molecule has 8 heteroatoms. The molecule has 0 bridgehead atoms. The van der Waals surface area contributed by atoms with E-state index in [1.807, 2.05) is 0 Å². The number of amides is 2. The summed E-state index contributed by atoms with van der Waals surface area (Å²) in [6.07, 6.45) is 0.665. The Bertz CT molecular complexity index is 605. The van der Waals surface area contributed by atoms with Crippen molar-refractivity contribution in [2.75, 3.05) is 40.5 Å². The molecule has 0 heterocycles. The van der Waals surface area contributed by atoms with Crippen LogP contribution in [0.2, 0.25) is 0 Å². The minimum Gasteiger partial charge on any atom is -0.493 e. The molecule has 1 aromatic carbocycles. The zero-order valence-corrected chi connectivity index (χ0v) is 15.4. The van der Waals surface area contributed by atoms with E-state index in [-0.39, 0.29) is 31.4 Å². The topological polar surface area (TPSA) is 94.2 Å². The molecule has 0 saturated carbocycles. The molecule has 0 unspecified atom stereocenters. The van der Waals surface area contributed by atoms with Crippen LogP contribution in [0.4, 0.5) is 0 Å². The molecule has 8 nitrogen and oxygen atoms in total. The van der Waals surface area contributed by atoms with Crippen molar-refractivity contribution in [2.24, 2.45) is 0 Å². The van der Waals surface area contributed by atoms with E-state index >= 15 is 0 Å². The van der Waals surface area contributed by atoms with Crippen LogP contribution in [-0.4, -0.2) is 63.1 Å². The summed E-state index contributed by atoms with van der Waals surface area (Å²) in [4.78, 5) is 36.3. The maximum absolute atomic E-state index is 12.5. The Kier molecular flexibility index (Phi) is 9.59. The van der Waals surface area contributed by atoms with E-state index < -0.39 is 5.97 Å². The second-order valence-electron chi connectivity index (χ2n) is 5.48. The first-order valence-electron chi connectivity index (χ1n) is 8.32. The van der Waals surface area contributed by atoms with Crippen molar-refractivity contribution in [3.8, 4) is 11.5 Å². The van der Waals surface area contributed by atoms with Crippen molar-refractivity contribution in [2.45, 2.75) is 19.8 Å². The summed E-state index contributed by atoms with van der Waals surface area (Å²) in [6, 6.07) is 7.03. The van der Waals surface area contributed by atoms with Crippen molar-refractivity contribution >= 4 is 17.8 Å². The second kappa shape index (κ2) is 11.7. The van der Waals surface area contributed by atoms with E-state index in [0.29, 0.717) is 31.0 Å². The summed E-state index contributed by atoms with van der Waals surface area (Å²) in [5.74, 6) is 0.219. The molecule has 0 radical (unpaired) electrons. The minimum absolute atomic E-state index is 0.0943. The zero-order chi connectivity index (χ0) is 19.4. The minimum atomic E-state index is -0.393. The van der Waals surface area contributed by atoms with Crippen LogP contribution in [0.1, 0.15) is 19.8 Å². The van der Waals surface area contributed by atoms with Crippen molar-refractivity contribution < 1.29 is 28.6 Å². The molecule has 0 spiro atoms. The fourth-order valence-corrected chi connectivity index (χ4v) is 2.19. The number of carbonyl (C=O) groups is 3. The molecule has 0 atom stereocenters. The maximum Gasteiger partial charge on any atom is 0.307 e. The van der Waals surface area contributed by atoms with Crippen molar-refractivity contribution in [1.29, 1.82) is 0 Å². The van der Waals surface area contributed by atoms with Gasteiger partial charge in [-0.15, -0.1) is 0 Å². The lowest BCUT2D eigenvalue weighted by Gasteiger charge is -2.22.